The summed E-state index contributed by atoms with van der Waals surface area (Å²) in [7, 11) is 0. The fourth-order valence-corrected chi connectivity index (χ4v) is 2.71. The van der Waals surface area contributed by atoms with E-state index >= 15 is 0 Å². The Morgan fingerprint density at radius 1 is 1.45 bits per heavy atom. The monoisotopic (exact) mass is 294 g/mol. The van der Waals surface area contributed by atoms with Crippen molar-refractivity contribution in [3.63, 3.8) is 0 Å². The van der Waals surface area contributed by atoms with Gasteiger partial charge in [0.05, 0.1) is 0 Å². The van der Waals surface area contributed by atoms with Crippen molar-refractivity contribution in [2.45, 2.75) is 44.6 Å². The Morgan fingerprint density at radius 2 is 2.25 bits per heavy atom. The quantitative estimate of drug-likeness (QED) is 0.900. The fraction of sp³-hybridized carbons (Fsp3) is 0.467. The predicted octanol–water partition coefficient (Wildman–Crippen LogP) is 3.12. The molecule has 0 radical (unpaired) electrons. The van der Waals surface area contributed by atoms with E-state index in [4.69, 9.17) is 11.6 Å². The average molecular weight is 295 g/mol. The molecule has 20 heavy (non-hydrogen) atoms. The first-order valence-corrected chi connectivity index (χ1v) is 7.31. The van der Waals surface area contributed by atoms with E-state index < -0.39 is 5.54 Å². The van der Waals surface area contributed by atoms with Gasteiger partial charge in [0, 0.05) is 17.1 Å². The molecule has 1 heterocycles. The number of anilines is 1. The normalized spacial score (nSPS) is 22.8. The third-order valence-electron chi connectivity index (χ3n) is 3.76. The van der Waals surface area contributed by atoms with Crippen LogP contribution in [0.1, 0.15) is 39.0 Å². The van der Waals surface area contributed by atoms with E-state index in [9.17, 15) is 9.59 Å². The predicted molar refractivity (Wildman–Crippen MR) is 79.7 cm³/mol. The molecular weight excluding hydrogens is 276 g/mol. The molecule has 4 nitrogen and oxygen atoms in total. The Bertz CT molecular complexity index is 518. The molecule has 0 spiro atoms. The number of benzene rings is 1. The van der Waals surface area contributed by atoms with Gasteiger partial charge in [-0.2, -0.15) is 0 Å². The number of carbonyl (C=O) groups excluding carboxylic acids is 2. The Morgan fingerprint density at radius 3 is 2.95 bits per heavy atom. The molecule has 1 fully saturated rings. The lowest BCUT2D eigenvalue weighted by atomic mass is 9.89. The van der Waals surface area contributed by atoms with Crippen LogP contribution in [0.3, 0.4) is 0 Å². The fourth-order valence-electron chi connectivity index (χ4n) is 2.52. The van der Waals surface area contributed by atoms with Crippen molar-refractivity contribution in [1.82, 2.24) is 5.32 Å². The highest BCUT2D eigenvalue weighted by atomic mass is 35.5. The van der Waals surface area contributed by atoms with Gasteiger partial charge in [-0.15, -0.1) is 0 Å². The zero-order valence-corrected chi connectivity index (χ0v) is 12.3. The van der Waals surface area contributed by atoms with Crippen molar-refractivity contribution in [2.24, 2.45) is 0 Å². The van der Waals surface area contributed by atoms with E-state index in [1.54, 1.807) is 24.3 Å². The minimum absolute atomic E-state index is 0.0504. The van der Waals surface area contributed by atoms with Crippen LogP contribution in [0.15, 0.2) is 24.3 Å². The van der Waals surface area contributed by atoms with E-state index in [0.29, 0.717) is 30.0 Å². The molecular formula is C15H19ClN2O2. The summed E-state index contributed by atoms with van der Waals surface area (Å²) in [6.07, 6.45) is 3.44. The van der Waals surface area contributed by atoms with Crippen LogP contribution in [-0.2, 0) is 9.59 Å². The Labute approximate surface area is 123 Å². The molecule has 1 unspecified atom stereocenters. The first-order valence-electron chi connectivity index (χ1n) is 6.94. The zero-order valence-electron chi connectivity index (χ0n) is 11.5. The van der Waals surface area contributed by atoms with Crippen LogP contribution < -0.4 is 10.6 Å². The Kier molecular flexibility index (Phi) is 4.65. The van der Waals surface area contributed by atoms with E-state index in [2.05, 4.69) is 10.6 Å². The van der Waals surface area contributed by atoms with Crippen molar-refractivity contribution in [2.75, 3.05) is 5.32 Å². The highest BCUT2D eigenvalue weighted by molar-refractivity contribution is 6.30. The molecule has 2 amide bonds. The number of nitrogens with one attached hydrogen (secondary N) is 2. The summed E-state index contributed by atoms with van der Waals surface area (Å²) in [5, 5.41) is 6.31. The highest BCUT2D eigenvalue weighted by Gasteiger charge is 2.39. The van der Waals surface area contributed by atoms with E-state index in [0.717, 1.165) is 12.8 Å². The third kappa shape index (κ3) is 3.31. The van der Waals surface area contributed by atoms with Crippen LogP contribution in [0.5, 0.6) is 0 Å². The van der Waals surface area contributed by atoms with Gasteiger partial charge in [-0.25, -0.2) is 0 Å². The molecule has 0 aromatic heterocycles. The largest absolute Gasteiger partial charge is 0.342 e. The van der Waals surface area contributed by atoms with Crippen molar-refractivity contribution in [3.8, 4) is 0 Å². The summed E-state index contributed by atoms with van der Waals surface area (Å²) >= 11 is 5.91. The van der Waals surface area contributed by atoms with Gasteiger partial charge < -0.3 is 10.6 Å². The van der Waals surface area contributed by atoms with Gasteiger partial charge in [0.25, 0.3) is 0 Å². The van der Waals surface area contributed by atoms with Gasteiger partial charge in [-0.1, -0.05) is 31.0 Å². The van der Waals surface area contributed by atoms with Crippen LogP contribution in [0.4, 0.5) is 5.69 Å². The van der Waals surface area contributed by atoms with Gasteiger partial charge >= 0.3 is 0 Å². The molecule has 0 aliphatic carbocycles. The van der Waals surface area contributed by atoms with Crippen LogP contribution in [-0.4, -0.2) is 17.4 Å². The summed E-state index contributed by atoms with van der Waals surface area (Å²) in [6.45, 7) is 1.92. The number of amides is 2. The van der Waals surface area contributed by atoms with Gasteiger partial charge in [-0.05, 0) is 37.5 Å². The van der Waals surface area contributed by atoms with Crippen molar-refractivity contribution in [3.05, 3.63) is 29.3 Å². The standard InChI is InChI=1S/C15H19ClN2O2/c1-2-15(9-4-3-8-13(19)18-15)14(20)17-12-7-5-6-11(16)10-12/h5-7,10H,2-4,8-9H2,1H3,(H,17,20)(H,18,19). The van der Waals surface area contributed by atoms with Crippen molar-refractivity contribution >= 4 is 29.1 Å². The Balaban J connectivity index is 2.17. The molecule has 1 aromatic rings. The molecule has 108 valence electrons. The minimum atomic E-state index is -0.810. The molecule has 2 N–H and O–H groups in total. The topological polar surface area (TPSA) is 58.2 Å². The SMILES string of the molecule is CCC1(C(=O)Nc2cccc(Cl)c2)CCCCC(=O)N1. The number of halogens is 1. The maximum absolute atomic E-state index is 12.6. The van der Waals surface area contributed by atoms with Crippen molar-refractivity contribution < 1.29 is 9.59 Å². The molecule has 1 atom stereocenters. The van der Waals surface area contributed by atoms with Gasteiger partial charge in [0.1, 0.15) is 5.54 Å². The summed E-state index contributed by atoms with van der Waals surface area (Å²) < 4.78 is 0. The first kappa shape index (κ1) is 14.9. The van der Waals surface area contributed by atoms with Gasteiger partial charge in [0.15, 0.2) is 0 Å². The smallest absolute Gasteiger partial charge is 0.250 e. The maximum atomic E-state index is 12.6. The molecule has 0 saturated carbocycles. The molecule has 0 bridgehead atoms. The molecule has 1 aliphatic rings. The molecule has 1 saturated heterocycles. The van der Waals surface area contributed by atoms with E-state index in [-0.39, 0.29) is 11.8 Å². The molecule has 2 rings (SSSR count). The third-order valence-corrected chi connectivity index (χ3v) is 3.99. The second kappa shape index (κ2) is 6.27. The van der Waals surface area contributed by atoms with Crippen LogP contribution in [0.25, 0.3) is 0 Å². The number of carbonyl (C=O) groups is 2. The summed E-state index contributed by atoms with van der Waals surface area (Å²) in [5.41, 5.74) is -0.163. The molecule has 1 aliphatic heterocycles. The average Bonchev–Trinajstić information content (AvgIpc) is 2.61. The van der Waals surface area contributed by atoms with Crippen LogP contribution in [0, 0.1) is 0 Å². The van der Waals surface area contributed by atoms with Crippen LogP contribution in [0.2, 0.25) is 5.02 Å². The second-order valence-corrected chi connectivity index (χ2v) is 5.59. The number of hydrogen-bond donors (Lipinski definition) is 2. The minimum Gasteiger partial charge on any atom is -0.342 e. The van der Waals surface area contributed by atoms with Crippen molar-refractivity contribution in [1.29, 1.82) is 0 Å². The Hall–Kier alpha value is -1.55. The maximum Gasteiger partial charge on any atom is 0.250 e. The number of rotatable bonds is 3. The lowest BCUT2D eigenvalue weighted by Crippen LogP contribution is -2.55. The van der Waals surface area contributed by atoms with E-state index in [1.807, 2.05) is 6.92 Å². The summed E-state index contributed by atoms with van der Waals surface area (Å²) in [4.78, 5) is 24.3. The zero-order chi connectivity index (χ0) is 14.6. The first-order chi connectivity index (χ1) is 9.55. The lowest BCUT2D eigenvalue weighted by Gasteiger charge is -2.31. The lowest BCUT2D eigenvalue weighted by molar-refractivity contribution is -0.130. The number of hydrogen-bond acceptors (Lipinski definition) is 2. The van der Waals surface area contributed by atoms with Gasteiger partial charge in [0.2, 0.25) is 11.8 Å². The highest BCUT2D eigenvalue weighted by Crippen LogP contribution is 2.25. The van der Waals surface area contributed by atoms with E-state index in [1.165, 1.54) is 0 Å². The second-order valence-electron chi connectivity index (χ2n) is 5.16. The molecule has 1 aromatic carbocycles. The molecule has 5 heteroatoms. The van der Waals surface area contributed by atoms with Gasteiger partial charge in [-0.3, -0.25) is 9.59 Å². The van der Waals surface area contributed by atoms with Crippen LogP contribution >= 0.6 is 11.6 Å². The summed E-state index contributed by atoms with van der Waals surface area (Å²) in [6, 6.07) is 7.01. The summed E-state index contributed by atoms with van der Waals surface area (Å²) in [5.74, 6) is -0.219.